The van der Waals surface area contributed by atoms with Gasteiger partial charge in [0.2, 0.25) is 0 Å². The molecule has 0 spiro atoms. The van der Waals surface area contributed by atoms with Crippen LogP contribution in [0.5, 0.6) is 5.75 Å². The first-order valence-corrected chi connectivity index (χ1v) is 7.22. The van der Waals surface area contributed by atoms with E-state index in [0.29, 0.717) is 36.0 Å². The molecule has 0 radical (unpaired) electrons. The number of benzene rings is 1. The van der Waals surface area contributed by atoms with Gasteiger partial charge in [-0.15, -0.1) is 0 Å². The summed E-state index contributed by atoms with van der Waals surface area (Å²) >= 11 is 0. The molecule has 0 saturated carbocycles. The Kier molecular flexibility index (Phi) is 6.49. The van der Waals surface area contributed by atoms with Crippen LogP contribution in [0.25, 0.3) is 0 Å². The molecule has 0 aliphatic heterocycles. The van der Waals surface area contributed by atoms with E-state index in [0.717, 1.165) is 6.54 Å². The van der Waals surface area contributed by atoms with Gasteiger partial charge in [0.25, 0.3) is 5.91 Å². The molecule has 0 aliphatic rings. The van der Waals surface area contributed by atoms with E-state index >= 15 is 0 Å². The van der Waals surface area contributed by atoms with Crippen molar-refractivity contribution >= 4 is 11.6 Å². The van der Waals surface area contributed by atoms with Gasteiger partial charge in [0, 0.05) is 25.3 Å². The molecule has 21 heavy (non-hydrogen) atoms. The molecule has 5 nitrogen and oxygen atoms in total. The van der Waals surface area contributed by atoms with Gasteiger partial charge in [-0.25, -0.2) is 0 Å². The SMILES string of the molecule is COc1ccc(N)c(C(=O)N(CCN(C)C)CC(C)C)c1. The number of likely N-dealkylation sites (N-methyl/N-ethyl adjacent to an activating group) is 1. The molecule has 0 aliphatic carbocycles. The number of amides is 1. The predicted molar refractivity (Wildman–Crippen MR) is 86.7 cm³/mol. The maximum absolute atomic E-state index is 12.8. The highest BCUT2D eigenvalue weighted by Gasteiger charge is 2.19. The monoisotopic (exact) mass is 293 g/mol. The first kappa shape index (κ1) is 17.3. The van der Waals surface area contributed by atoms with Gasteiger partial charge < -0.3 is 20.3 Å². The second-order valence-corrected chi connectivity index (χ2v) is 5.90. The van der Waals surface area contributed by atoms with Crippen molar-refractivity contribution in [2.75, 3.05) is 46.6 Å². The minimum Gasteiger partial charge on any atom is -0.497 e. The van der Waals surface area contributed by atoms with E-state index in [-0.39, 0.29) is 5.91 Å². The number of methoxy groups -OCH3 is 1. The highest BCUT2D eigenvalue weighted by molar-refractivity contribution is 5.99. The molecule has 0 unspecified atom stereocenters. The number of hydrogen-bond donors (Lipinski definition) is 1. The zero-order valence-corrected chi connectivity index (χ0v) is 13.7. The minimum absolute atomic E-state index is 0.0399. The summed E-state index contributed by atoms with van der Waals surface area (Å²) in [6.45, 7) is 6.42. The Morgan fingerprint density at radius 3 is 2.48 bits per heavy atom. The Morgan fingerprint density at radius 2 is 1.95 bits per heavy atom. The van der Waals surface area contributed by atoms with Gasteiger partial charge in [-0.05, 0) is 38.2 Å². The van der Waals surface area contributed by atoms with Gasteiger partial charge in [-0.2, -0.15) is 0 Å². The van der Waals surface area contributed by atoms with Crippen LogP contribution in [0.15, 0.2) is 18.2 Å². The number of nitrogens with two attached hydrogens (primary N) is 1. The fourth-order valence-electron chi connectivity index (χ4n) is 2.06. The first-order valence-electron chi connectivity index (χ1n) is 7.22. The number of hydrogen-bond acceptors (Lipinski definition) is 4. The number of nitrogens with zero attached hydrogens (tertiary/aromatic N) is 2. The average molecular weight is 293 g/mol. The quantitative estimate of drug-likeness (QED) is 0.781. The van der Waals surface area contributed by atoms with Crippen LogP contribution >= 0.6 is 0 Å². The summed E-state index contributed by atoms with van der Waals surface area (Å²) in [6.07, 6.45) is 0. The van der Waals surface area contributed by atoms with Gasteiger partial charge in [-0.1, -0.05) is 13.8 Å². The standard InChI is InChI=1S/C16H27N3O2/c1-12(2)11-19(9-8-18(3)4)16(20)14-10-13(21-5)6-7-15(14)17/h6-7,10,12H,8-9,11,17H2,1-5H3. The summed E-state index contributed by atoms with van der Waals surface area (Å²) in [5, 5.41) is 0. The third kappa shape index (κ3) is 5.27. The van der Waals surface area contributed by atoms with Crippen LogP contribution in [-0.4, -0.2) is 56.5 Å². The van der Waals surface area contributed by atoms with Crippen molar-refractivity contribution in [2.24, 2.45) is 5.92 Å². The topological polar surface area (TPSA) is 58.8 Å². The Labute approximate surface area is 127 Å². The van der Waals surface area contributed by atoms with E-state index in [1.165, 1.54) is 0 Å². The first-order chi connectivity index (χ1) is 9.85. The van der Waals surface area contributed by atoms with Crippen molar-refractivity contribution in [2.45, 2.75) is 13.8 Å². The largest absolute Gasteiger partial charge is 0.497 e. The summed E-state index contributed by atoms with van der Waals surface area (Å²) in [5.41, 5.74) is 6.95. The van der Waals surface area contributed by atoms with Crippen molar-refractivity contribution < 1.29 is 9.53 Å². The molecule has 0 atom stereocenters. The molecule has 0 heterocycles. The number of anilines is 1. The number of carbonyl (C=O) groups excluding carboxylic acids is 1. The van der Waals surface area contributed by atoms with Crippen LogP contribution in [0.3, 0.4) is 0 Å². The van der Waals surface area contributed by atoms with E-state index in [1.807, 2.05) is 19.0 Å². The molecule has 0 bridgehead atoms. The Morgan fingerprint density at radius 1 is 1.29 bits per heavy atom. The zero-order chi connectivity index (χ0) is 16.0. The van der Waals surface area contributed by atoms with Crippen LogP contribution in [0.2, 0.25) is 0 Å². The summed E-state index contributed by atoms with van der Waals surface area (Å²) in [6, 6.07) is 5.19. The van der Waals surface area contributed by atoms with Gasteiger partial charge in [0.1, 0.15) is 5.75 Å². The van der Waals surface area contributed by atoms with Gasteiger partial charge in [0.05, 0.1) is 12.7 Å². The number of carbonyl (C=O) groups is 1. The summed E-state index contributed by atoms with van der Waals surface area (Å²) in [7, 11) is 5.58. The lowest BCUT2D eigenvalue weighted by Crippen LogP contribution is -2.39. The highest BCUT2D eigenvalue weighted by atomic mass is 16.5. The Hall–Kier alpha value is -1.75. The third-order valence-electron chi connectivity index (χ3n) is 3.18. The van der Waals surface area contributed by atoms with E-state index in [1.54, 1.807) is 25.3 Å². The average Bonchev–Trinajstić information content (AvgIpc) is 2.42. The second kappa shape index (κ2) is 7.88. The fraction of sp³-hybridized carbons (Fsp3) is 0.562. The smallest absolute Gasteiger partial charge is 0.256 e. The molecule has 1 aromatic rings. The molecule has 1 aromatic carbocycles. The molecule has 1 rings (SSSR count). The van der Waals surface area contributed by atoms with Crippen LogP contribution in [0.4, 0.5) is 5.69 Å². The third-order valence-corrected chi connectivity index (χ3v) is 3.18. The molecule has 2 N–H and O–H groups in total. The Bertz CT molecular complexity index is 473. The van der Waals surface area contributed by atoms with Crippen LogP contribution < -0.4 is 10.5 Å². The maximum atomic E-state index is 12.8. The Balaban J connectivity index is 2.97. The predicted octanol–water partition coefficient (Wildman–Crippen LogP) is 1.94. The van der Waals surface area contributed by atoms with Gasteiger partial charge >= 0.3 is 0 Å². The number of nitrogen functional groups attached to an aromatic ring is 1. The summed E-state index contributed by atoms with van der Waals surface area (Å²) in [5.74, 6) is 1.01. The zero-order valence-electron chi connectivity index (χ0n) is 13.7. The lowest BCUT2D eigenvalue weighted by molar-refractivity contribution is 0.0725. The van der Waals surface area contributed by atoms with Crippen LogP contribution in [0.1, 0.15) is 24.2 Å². The van der Waals surface area contributed by atoms with E-state index < -0.39 is 0 Å². The molecular weight excluding hydrogens is 266 g/mol. The van der Waals surface area contributed by atoms with Gasteiger partial charge in [0.15, 0.2) is 0 Å². The molecule has 118 valence electrons. The van der Waals surface area contributed by atoms with Crippen molar-refractivity contribution in [3.8, 4) is 5.75 Å². The number of ether oxygens (including phenoxy) is 1. The van der Waals surface area contributed by atoms with E-state index in [4.69, 9.17) is 10.5 Å². The molecule has 5 heteroatoms. The molecule has 0 aromatic heterocycles. The second-order valence-electron chi connectivity index (χ2n) is 5.90. The molecular formula is C16H27N3O2. The lowest BCUT2D eigenvalue weighted by Gasteiger charge is -2.26. The lowest BCUT2D eigenvalue weighted by atomic mass is 10.1. The number of rotatable bonds is 7. The summed E-state index contributed by atoms with van der Waals surface area (Å²) < 4.78 is 5.18. The summed E-state index contributed by atoms with van der Waals surface area (Å²) in [4.78, 5) is 16.7. The maximum Gasteiger partial charge on any atom is 0.256 e. The van der Waals surface area contributed by atoms with Gasteiger partial charge in [-0.3, -0.25) is 4.79 Å². The van der Waals surface area contributed by atoms with Crippen molar-refractivity contribution in [1.29, 1.82) is 0 Å². The van der Waals surface area contributed by atoms with Crippen molar-refractivity contribution in [1.82, 2.24) is 9.80 Å². The molecule has 0 fully saturated rings. The highest BCUT2D eigenvalue weighted by Crippen LogP contribution is 2.21. The van der Waals surface area contributed by atoms with Crippen molar-refractivity contribution in [3.63, 3.8) is 0 Å². The molecule has 1 amide bonds. The molecule has 0 saturated heterocycles. The van der Waals surface area contributed by atoms with E-state index in [9.17, 15) is 4.79 Å². The van der Waals surface area contributed by atoms with Crippen molar-refractivity contribution in [3.05, 3.63) is 23.8 Å². The van der Waals surface area contributed by atoms with Crippen LogP contribution in [0, 0.1) is 5.92 Å². The minimum atomic E-state index is -0.0399. The fourth-order valence-corrected chi connectivity index (χ4v) is 2.06. The van der Waals surface area contributed by atoms with E-state index in [2.05, 4.69) is 18.7 Å². The van der Waals surface area contributed by atoms with Crippen LogP contribution in [-0.2, 0) is 0 Å². The normalized spacial score (nSPS) is 11.0.